The summed E-state index contributed by atoms with van der Waals surface area (Å²) in [6.45, 7) is 2.01. The molecule has 0 radical (unpaired) electrons. The molecule has 0 fully saturated rings. The van der Waals surface area contributed by atoms with Gasteiger partial charge in [0, 0.05) is 38.6 Å². The van der Waals surface area contributed by atoms with Gasteiger partial charge >= 0.3 is 5.97 Å². The summed E-state index contributed by atoms with van der Waals surface area (Å²) in [5.74, 6) is -0.707. The lowest BCUT2D eigenvalue weighted by Crippen LogP contribution is -2.44. The van der Waals surface area contributed by atoms with E-state index < -0.39 is 11.6 Å². The van der Waals surface area contributed by atoms with E-state index in [1.807, 2.05) is 72.8 Å². The summed E-state index contributed by atoms with van der Waals surface area (Å²) in [5.41, 5.74) is 9.67. The first-order valence-electron chi connectivity index (χ1n) is 16.4. The van der Waals surface area contributed by atoms with Crippen LogP contribution in [-0.2, 0) is 28.3 Å². The molecule has 5 aromatic heterocycles. The van der Waals surface area contributed by atoms with Crippen molar-refractivity contribution in [3.05, 3.63) is 135 Å². The van der Waals surface area contributed by atoms with Gasteiger partial charge in [-0.05, 0) is 97.5 Å². The molecule has 0 saturated heterocycles. The summed E-state index contributed by atoms with van der Waals surface area (Å²) in [4.78, 5) is 45.9. The Morgan fingerprint density at radius 2 is 1.36 bits per heavy atom. The fourth-order valence-corrected chi connectivity index (χ4v) is 6.87. The first-order chi connectivity index (χ1) is 24.3. The van der Waals surface area contributed by atoms with Gasteiger partial charge in [-0.25, -0.2) is 19.7 Å². The van der Waals surface area contributed by atoms with Crippen LogP contribution in [0.15, 0.2) is 89.7 Å². The molecule has 1 aromatic carbocycles. The zero-order valence-corrected chi connectivity index (χ0v) is 27.0. The molecular weight excluding hydrogens is 628 g/mol. The second-order valence-electron chi connectivity index (χ2n) is 12.7. The van der Waals surface area contributed by atoms with E-state index >= 15 is 0 Å². The number of nitrogens with one attached hydrogen (secondary N) is 2. The predicted octanol–water partition coefficient (Wildman–Crippen LogP) is 6.74. The Kier molecular flexibility index (Phi) is 6.75. The van der Waals surface area contributed by atoms with Crippen LogP contribution in [0, 0.1) is 0 Å². The molecule has 244 valence electrons. The third kappa shape index (κ3) is 5.05. The second kappa shape index (κ2) is 11.4. The van der Waals surface area contributed by atoms with Crippen LogP contribution in [0.4, 0.5) is 0 Å². The van der Waals surface area contributed by atoms with E-state index in [1.165, 1.54) is 0 Å². The topological polar surface area (TPSA) is 139 Å². The van der Waals surface area contributed by atoms with Gasteiger partial charge in [0.1, 0.15) is 6.61 Å². The molecule has 10 rings (SSSR count). The highest BCUT2D eigenvalue weighted by molar-refractivity contribution is 5.86. The molecule has 3 N–H and O–H groups in total. The average molecular weight is 659 g/mol. The van der Waals surface area contributed by atoms with Gasteiger partial charge < -0.3 is 24.4 Å². The van der Waals surface area contributed by atoms with Gasteiger partial charge in [-0.15, -0.1) is 0 Å². The zero-order valence-electron chi connectivity index (χ0n) is 27.0. The number of para-hydroxylation sites is 1. The van der Waals surface area contributed by atoms with Crippen LogP contribution in [0.3, 0.4) is 0 Å². The normalized spacial score (nSPS) is 16.7. The van der Waals surface area contributed by atoms with Crippen molar-refractivity contribution in [3.63, 3.8) is 0 Å². The number of benzene rings is 1. The molecule has 6 aromatic rings. The number of pyridine rings is 2. The number of hydrogen-bond acceptors (Lipinski definition) is 7. The van der Waals surface area contributed by atoms with Crippen molar-refractivity contribution in [3.8, 4) is 11.4 Å². The fourth-order valence-electron chi connectivity index (χ4n) is 6.87. The molecule has 1 unspecified atom stereocenters. The molecule has 50 heavy (non-hydrogen) atoms. The van der Waals surface area contributed by atoms with Crippen molar-refractivity contribution in [2.24, 2.45) is 0 Å². The number of aromatic amines is 2. The number of rotatable bonds is 1. The van der Waals surface area contributed by atoms with E-state index in [-0.39, 0.29) is 18.6 Å². The van der Waals surface area contributed by atoms with Crippen LogP contribution in [-0.4, -0.2) is 40.6 Å². The first-order valence-corrected chi connectivity index (χ1v) is 16.4. The molecule has 9 heterocycles. The van der Waals surface area contributed by atoms with E-state index in [9.17, 15) is 14.7 Å². The van der Waals surface area contributed by atoms with E-state index in [0.29, 0.717) is 23.4 Å². The van der Waals surface area contributed by atoms with Crippen molar-refractivity contribution in [1.82, 2.24) is 29.5 Å². The smallest absolute Gasteiger partial charge is 0.343 e. The highest BCUT2D eigenvalue weighted by atomic mass is 16.6. The van der Waals surface area contributed by atoms with Crippen molar-refractivity contribution in [2.45, 2.75) is 32.1 Å². The number of ether oxygens (including phenoxy) is 1. The SMILES string of the molecule is C1=Cc2cc3ccc(cc4ccc(cc5nc(cc1n2)C=C5)[nH]4)[nH]3.CCC1(O)C(=O)OCc2c1cc1n(c2=O)Cc2cc3ccccc3nc2-1. The van der Waals surface area contributed by atoms with Crippen molar-refractivity contribution >= 4 is 63.2 Å². The lowest BCUT2D eigenvalue weighted by molar-refractivity contribution is -0.172. The van der Waals surface area contributed by atoms with E-state index in [0.717, 1.165) is 67.0 Å². The molecule has 8 bridgehead atoms. The van der Waals surface area contributed by atoms with E-state index in [4.69, 9.17) is 9.72 Å². The molecule has 10 heteroatoms. The Hall–Kier alpha value is -6.39. The summed E-state index contributed by atoms with van der Waals surface area (Å²) in [6.07, 6.45) is 8.19. The van der Waals surface area contributed by atoms with Crippen LogP contribution >= 0.6 is 0 Å². The summed E-state index contributed by atoms with van der Waals surface area (Å²) in [7, 11) is 0. The quantitative estimate of drug-likeness (QED) is 0.166. The van der Waals surface area contributed by atoms with Gasteiger partial charge in [-0.3, -0.25) is 4.79 Å². The summed E-state index contributed by atoms with van der Waals surface area (Å²) >= 11 is 0. The Morgan fingerprint density at radius 1 is 0.760 bits per heavy atom. The van der Waals surface area contributed by atoms with Gasteiger partial charge in [0.05, 0.1) is 51.8 Å². The summed E-state index contributed by atoms with van der Waals surface area (Å²) in [6, 6.07) is 28.0. The maximum absolute atomic E-state index is 13.0. The number of fused-ring (bicyclic) bond motifs is 13. The monoisotopic (exact) mass is 658 g/mol. The van der Waals surface area contributed by atoms with Crippen LogP contribution < -0.4 is 5.56 Å². The summed E-state index contributed by atoms with van der Waals surface area (Å²) < 4.78 is 6.72. The minimum absolute atomic E-state index is 0.110. The number of H-pyrrole nitrogens is 2. The molecule has 0 saturated carbocycles. The minimum atomic E-state index is -1.79. The molecule has 0 spiro atoms. The lowest BCUT2D eigenvalue weighted by atomic mass is 9.86. The number of hydrogen-bond donors (Lipinski definition) is 3. The Bertz CT molecular complexity index is 2610. The fraction of sp³-hybridized carbons (Fsp3) is 0.125. The Balaban J connectivity index is 0.000000135. The molecule has 4 aliphatic heterocycles. The number of carbonyl (C=O) groups is 1. The van der Waals surface area contributed by atoms with Crippen LogP contribution in [0.25, 0.3) is 68.7 Å². The maximum atomic E-state index is 13.0. The third-order valence-electron chi connectivity index (χ3n) is 9.46. The highest BCUT2D eigenvalue weighted by Gasteiger charge is 2.45. The predicted molar refractivity (Wildman–Crippen MR) is 193 cm³/mol. The van der Waals surface area contributed by atoms with E-state index in [2.05, 4.69) is 50.3 Å². The van der Waals surface area contributed by atoms with Gasteiger partial charge in [0.2, 0.25) is 0 Å². The number of carbonyl (C=O) groups excluding carboxylic acids is 1. The van der Waals surface area contributed by atoms with Crippen molar-refractivity contribution in [2.75, 3.05) is 0 Å². The third-order valence-corrected chi connectivity index (χ3v) is 9.46. The van der Waals surface area contributed by atoms with Gasteiger partial charge in [-0.1, -0.05) is 25.1 Å². The number of esters is 1. The highest BCUT2D eigenvalue weighted by Crippen LogP contribution is 2.38. The Labute approximate surface area is 285 Å². The molecular formula is C40H30N6O4. The van der Waals surface area contributed by atoms with Crippen molar-refractivity contribution < 1.29 is 14.6 Å². The maximum Gasteiger partial charge on any atom is 0.343 e. The lowest BCUT2D eigenvalue weighted by Gasteiger charge is -2.31. The number of aromatic nitrogens is 6. The summed E-state index contributed by atoms with van der Waals surface area (Å²) in [5, 5.41) is 11.8. The second-order valence-corrected chi connectivity index (χ2v) is 12.7. The number of cyclic esters (lactones) is 1. The standard InChI is InChI=1S/C20H14N4.C20H16N2O4/c1-2-14-10-16-5-6-18(23-16)12-20-8-7-19(24-20)11-17-4-3-15(22-17)9-13(1)21-14;1-2-20(25)14-8-16-17-12(7-11-5-3-4-6-15(11)21-17)9-22(16)18(23)13(14)10-26-19(20)24/h1-12,21-22H;3-8,25H,2,9-10H2,1H3. The van der Waals surface area contributed by atoms with E-state index in [1.54, 1.807) is 17.6 Å². The van der Waals surface area contributed by atoms with Gasteiger partial charge in [0.15, 0.2) is 5.60 Å². The van der Waals surface area contributed by atoms with Crippen LogP contribution in [0.5, 0.6) is 0 Å². The Morgan fingerprint density at radius 3 is 2.00 bits per heavy atom. The number of aliphatic hydroxyl groups is 1. The molecule has 0 amide bonds. The number of nitrogens with zero attached hydrogens (tertiary/aromatic N) is 4. The molecule has 1 atom stereocenters. The van der Waals surface area contributed by atoms with Crippen molar-refractivity contribution in [1.29, 1.82) is 0 Å². The minimum Gasteiger partial charge on any atom is -0.458 e. The molecule has 4 aliphatic rings. The average Bonchev–Trinajstić information content (AvgIpc) is 3.97. The van der Waals surface area contributed by atoms with Gasteiger partial charge in [0.25, 0.3) is 5.56 Å². The molecule has 10 nitrogen and oxygen atoms in total. The van der Waals surface area contributed by atoms with Crippen LogP contribution in [0.1, 0.15) is 52.8 Å². The first kappa shape index (κ1) is 29.7. The van der Waals surface area contributed by atoms with Crippen LogP contribution in [0.2, 0.25) is 0 Å². The largest absolute Gasteiger partial charge is 0.458 e. The zero-order chi connectivity index (χ0) is 34.0. The van der Waals surface area contributed by atoms with Gasteiger partial charge in [-0.2, -0.15) is 0 Å². The molecule has 0 aliphatic carbocycles.